The summed E-state index contributed by atoms with van der Waals surface area (Å²) in [4.78, 5) is 24.8. The number of amides is 4. The maximum atomic E-state index is 12.4. The number of unbranched alkanes of at least 4 members (excludes halogenated alkanes) is 24. The fourth-order valence-corrected chi connectivity index (χ4v) is 7.15. The van der Waals surface area contributed by atoms with Gasteiger partial charge in [-0.25, -0.2) is 9.59 Å². The summed E-state index contributed by atoms with van der Waals surface area (Å²) in [5, 5.41) is 11.9. The lowest BCUT2D eigenvalue weighted by Gasteiger charge is -2.10. The van der Waals surface area contributed by atoms with Gasteiger partial charge in [-0.2, -0.15) is 0 Å². The highest BCUT2D eigenvalue weighted by molar-refractivity contribution is 5.89. The quantitative estimate of drug-likeness (QED) is 0.0410. The molecule has 0 unspecified atom stereocenters. The molecule has 0 saturated heterocycles. The van der Waals surface area contributed by atoms with Gasteiger partial charge >= 0.3 is 12.1 Å². The van der Waals surface area contributed by atoms with Crippen molar-refractivity contribution in [1.29, 1.82) is 0 Å². The van der Waals surface area contributed by atoms with Crippen LogP contribution in [0.2, 0.25) is 0 Å². The van der Waals surface area contributed by atoms with Crippen LogP contribution in [0.1, 0.15) is 205 Å². The van der Waals surface area contributed by atoms with Crippen molar-refractivity contribution in [3.05, 3.63) is 84.0 Å². The van der Waals surface area contributed by atoms with Crippen molar-refractivity contribution >= 4 is 23.4 Å². The zero-order chi connectivity index (χ0) is 40.7. The van der Waals surface area contributed by atoms with Crippen molar-refractivity contribution in [2.24, 2.45) is 0 Å². The minimum Gasteiger partial charge on any atom is -0.338 e. The van der Waals surface area contributed by atoms with Crippen LogP contribution < -0.4 is 21.3 Å². The number of carbonyl (C=O) groups is 2. The van der Waals surface area contributed by atoms with E-state index in [0.717, 1.165) is 43.5 Å². The van der Waals surface area contributed by atoms with Crippen molar-refractivity contribution in [1.82, 2.24) is 10.6 Å². The Hall–Kier alpha value is -3.54. The third-order valence-electron chi connectivity index (χ3n) is 10.8. The predicted molar refractivity (Wildman–Crippen MR) is 249 cm³/mol. The SMILES string of the molecule is CCCCCCCC/C=C\CCCCCCCCNC(=O)Nc1ccc(Cc2ccc(NC(=O)NCCCCCCCC/C=C\CCCCCCCC)cc2)cc1. The highest BCUT2D eigenvalue weighted by atomic mass is 16.2. The minimum atomic E-state index is -0.148. The summed E-state index contributed by atoms with van der Waals surface area (Å²) in [6.45, 7) is 5.95. The van der Waals surface area contributed by atoms with Gasteiger partial charge in [0.05, 0.1) is 0 Å². The number of hydrogen-bond donors (Lipinski definition) is 4. The van der Waals surface area contributed by atoms with Crippen LogP contribution in [0.4, 0.5) is 21.0 Å². The molecule has 6 nitrogen and oxygen atoms in total. The van der Waals surface area contributed by atoms with Crippen LogP contribution in [0.25, 0.3) is 0 Å². The number of anilines is 2. The minimum absolute atomic E-state index is 0.148. The Morgan fingerprint density at radius 2 is 0.667 bits per heavy atom. The third-order valence-corrected chi connectivity index (χ3v) is 10.8. The number of benzene rings is 2. The van der Waals surface area contributed by atoms with Crippen molar-refractivity contribution in [3.8, 4) is 0 Å². The maximum absolute atomic E-state index is 12.4. The number of allylic oxidation sites excluding steroid dienone is 4. The molecule has 2 rings (SSSR count). The first-order chi connectivity index (χ1) is 28.1. The molecule has 0 aliphatic rings. The van der Waals surface area contributed by atoms with Gasteiger partial charge in [0.25, 0.3) is 0 Å². The van der Waals surface area contributed by atoms with Crippen molar-refractivity contribution < 1.29 is 9.59 Å². The average molecular weight is 785 g/mol. The normalized spacial score (nSPS) is 11.4. The smallest absolute Gasteiger partial charge is 0.319 e. The second-order valence-electron chi connectivity index (χ2n) is 16.2. The van der Waals surface area contributed by atoms with E-state index in [0.29, 0.717) is 13.1 Å². The van der Waals surface area contributed by atoms with Gasteiger partial charge in [0, 0.05) is 24.5 Å². The third kappa shape index (κ3) is 30.2. The van der Waals surface area contributed by atoms with Gasteiger partial charge in [-0.3, -0.25) is 0 Å². The van der Waals surface area contributed by atoms with Crippen LogP contribution in [0, 0.1) is 0 Å². The molecule has 320 valence electrons. The van der Waals surface area contributed by atoms with E-state index in [9.17, 15) is 9.59 Å². The molecular weight excluding hydrogens is 701 g/mol. The van der Waals surface area contributed by atoms with Gasteiger partial charge in [-0.05, 0) is 106 Å². The first-order valence-electron chi connectivity index (χ1n) is 23.7. The van der Waals surface area contributed by atoms with Gasteiger partial charge in [-0.1, -0.05) is 178 Å². The monoisotopic (exact) mass is 785 g/mol. The van der Waals surface area contributed by atoms with Crippen LogP contribution in [0.3, 0.4) is 0 Å². The molecule has 6 heteroatoms. The lowest BCUT2D eigenvalue weighted by atomic mass is 10.0. The highest BCUT2D eigenvalue weighted by Gasteiger charge is 2.05. The average Bonchev–Trinajstić information content (AvgIpc) is 3.21. The Morgan fingerprint density at radius 3 is 0.982 bits per heavy atom. The van der Waals surface area contributed by atoms with Gasteiger partial charge in [-0.15, -0.1) is 0 Å². The predicted octanol–water partition coefficient (Wildman–Crippen LogP) is 15.6. The number of nitrogens with one attached hydrogen (secondary N) is 4. The number of hydrogen-bond acceptors (Lipinski definition) is 2. The van der Waals surface area contributed by atoms with E-state index in [1.165, 1.54) is 165 Å². The van der Waals surface area contributed by atoms with Crippen molar-refractivity contribution in [2.75, 3.05) is 23.7 Å². The Balaban J connectivity index is 1.43. The van der Waals surface area contributed by atoms with Crippen LogP contribution in [-0.2, 0) is 6.42 Å². The van der Waals surface area contributed by atoms with Gasteiger partial charge < -0.3 is 21.3 Å². The van der Waals surface area contributed by atoms with Crippen molar-refractivity contribution in [3.63, 3.8) is 0 Å². The summed E-state index contributed by atoms with van der Waals surface area (Å²) in [7, 11) is 0. The van der Waals surface area contributed by atoms with Crippen LogP contribution >= 0.6 is 0 Å². The molecule has 0 heterocycles. The van der Waals surface area contributed by atoms with E-state index >= 15 is 0 Å². The fraction of sp³-hybridized carbons (Fsp3) is 0.647. The van der Waals surface area contributed by atoms with Crippen LogP contribution in [0.5, 0.6) is 0 Å². The molecule has 57 heavy (non-hydrogen) atoms. The van der Waals surface area contributed by atoms with E-state index in [-0.39, 0.29) is 12.1 Å². The van der Waals surface area contributed by atoms with E-state index in [4.69, 9.17) is 0 Å². The standard InChI is InChI=1S/C51H84N4O2/c1-3-5-7-9-11-13-15-17-19-21-23-25-27-29-31-33-43-52-50(56)54-48-39-35-46(36-40-48)45-47-37-41-49(42-38-47)55-51(57)53-44-34-32-30-28-26-24-22-20-18-16-14-12-10-8-6-4-2/h17-20,35-42H,3-16,21-34,43-45H2,1-2H3,(H2,52,54,56)(H2,53,55,57)/b19-17-,20-18-. The molecule has 0 bridgehead atoms. The van der Waals surface area contributed by atoms with E-state index < -0.39 is 0 Å². The Morgan fingerprint density at radius 1 is 0.386 bits per heavy atom. The molecule has 4 amide bonds. The second kappa shape index (κ2) is 36.8. The number of carbonyl (C=O) groups excluding carboxylic acids is 2. The maximum Gasteiger partial charge on any atom is 0.319 e. The van der Waals surface area contributed by atoms with Crippen LogP contribution in [-0.4, -0.2) is 25.2 Å². The first kappa shape index (κ1) is 49.6. The second-order valence-corrected chi connectivity index (χ2v) is 16.2. The largest absolute Gasteiger partial charge is 0.338 e. The molecule has 0 spiro atoms. The molecule has 0 aliphatic carbocycles. The summed E-state index contributed by atoms with van der Waals surface area (Å²) >= 11 is 0. The van der Waals surface area contributed by atoms with E-state index in [1.807, 2.05) is 24.3 Å². The van der Waals surface area contributed by atoms with E-state index in [1.54, 1.807) is 0 Å². The molecule has 2 aromatic carbocycles. The lowest BCUT2D eigenvalue weighted by molar-refractivity contribution is 0.251. The fourth-order valence-electron chi connectivity index (χ4n) is 7.15. The summed E-state index contributed by atoms with van der Waals surface area (Å²) < 4.78 is 0. The number of rotatable bonds is 36. The van der Waals surface area contributed by atoms with Gasteiger partial charge in [0.15, 0.2) is 0 Å². The van der Waals surface area contributed by atoms with Gasteiger partial charge in [0.2, 0.25) is 0 Å². The molecule has 0 saturated carbocycles. The van der Waals surface area contributed by atoms with Crippen molar-refractivity contribution in [2.45, 2.75) is 200 Å². The Kier molecular flexibility index (Phi) is 32.0. The molecule has 0 radical (unpaired) electrons. The zero-order valence-electron chi connectivity index (χ0n) is 36.7. The molecule has 0 aromatic heterocycles. The summed E-state index contributed by atoms with van der Waals surface area (Å²) in [5.41, 5.74) is 3.92. The highest BCUT2D eigenvalue weighted by Crippen LogP contribution is 2.17. The number of urea groups is 2. The molecule has 4 N–H and O–H groups in total. The topological polar surface area (TPSA) is 82.3 Å². The molecule has 0 fully saturated rings. The molecular formula is C51H84N4O2. The Labute approximate surface area is 350 Å². The molecule has 0 aliphatic heterocycles. The lowest BCUT2D eigenvalue weighted by Crippen LogP contribution is -2.29. The van der Waals surface area contributed by atoms with Gasteiger partial charge in [0.1, 0.15) is 0 Å². The summed E-state index contributed by atoms with van der Waals surface area (Å²) in [6.07, 6.45) is 46.2. The molecule has 2 aromatic rings. The van der Waals surface area contributed by atoms with Crippen LogP contribution in [0.15, 0.2) is 72.8 Å². The van der Waals surface area contributed by atoms with E-state index in [2.05, 4.69) is 83.7 Å². The summed E-state index contributed by atoms with van der Waals surface area (Å²) in [5.74, 6) is 0. The summed E-state index contributed by atoms with van der Waals surface area (Å²) in [6, 6.07) is 15.7. The first-order valence-corrected chi connectivity index (χ1v) is 23.7. The Bertz CT molecular complexity index is 1190. The molecule has 0 atom stereocenters. The zero-order valence-corrected chi connectivity index (χ0v) is 36.7.